The van der Waals surface area contributed by atoms with Gasteiger partial charge in [0.05, 0.1) is 10.8 Å². The zero-order valence-corrected chi connectivity index (χ0v) is 11.3. The molecule has 0 saturated heterocycles. The van der Waals surface area contributed by atoms with Gasteiger partial charge in [-0.1, -0.05) is 24.3 Å². The van der Waals surface area contributed by atoms with Crippen LogP contribution in [0.15, 0.2) is 30.4 Å². The molecule has 7 nitrogen and oxygen atoms in total. The van der Waals surface area contributed by atoms with Crippen molar-refractivity contribution in [1.82, 2.24) is 5.32 Å². The lowest BCUT2D eigenvalue weighted by molar-refractivity contribution is -0.385. The van der Waals surface area contributed by atoms with Gasteiger partial charge in [-0.05, 0) is 19.4 Å². The molecule has 110 valence electrons. The molecule has 0 radical (unpaired) electrons. The Hall–Kier alpha value is -2.70. The second-order valence-corrected chi connectivity index (χ2v) is 4.87. The van der Waals surface area contributed by atoms with Crippen LogP contribution in [0, 0.1) is 23.0 Å². The first kappa shape index (κ1) is 14.7. The normalized spacial score (nSPS) is 20.2. The Morgan fingerprint density at radius 2 is 2.10 bits per heavy atom. The number of para-hydroxylation sites is 1. The number of nitrogens with one attached hydrogen (secondary N) is 1. The van der Waals surface area contributed by atoms with Gasteiger partial charge in [0.15, 0.2) is 0 Å². The summed E-state index contributed by atoms with van der Waals surface area (Å²) in [7, 11) is 0. The Balaban J connectivity index is 2.16. The maximum absolute atomic E-state index is 12.2. The molecule has 7 heteroatoms. The van der Waals surface area contributed by atoms with Gasteiger partial charge >= 0.3 is 5.97 Å². The van der Waals surface area contributed by atoms with Crippen molar-refractivity contribution in [2.45, 2.75) is 19.4 Å². The van der Waals surface area contributed by atoms with Crippen LogP contribution in [0.2, 0.25) is 0 Å². The highest BCUT2D eigenvalue weighted by atomic mass is 16.6. The second-order valence-electron chi connectivity index (χ2n) is 4.87. The van der Waals surface area contributed by atoms with Crippen molar-refractivity contribution in [2.75, 3.05) is 0 Å². The lowest BCUT2D eigenvalue weighted by Crippen LogP contribution is -2.33. The molecule has 21 heavy (non-hydrogen) atoms. The molecule has 1 aliphatic rings. The van der Waals surface area contributed by atoms with E-state index in [0.29, 0.717) is 5.56 Å². The van der Waals surface area contributed by atoms with Crippen LogP contribution in [-0.4, -0.2) is 27.9 Å². The number of rotatable bonds is 4. The first-order valence-corrected chi connectivity index (χ1v) is 6.36. The zero-order chi connectivity index (χ0) is 15.6. The molecule has 2 N–H and O–H groups in total. The lowest BCUT2D eigenvalue weighted by Gasteiger charge is -2.12. The van der Waals surface area contributed by atoms with E-state index < -0.39 is 28.8 Å². The number of nitro groups is 1. The van der Waals surface area contributed by atoms with Crippen molar-refractivity contribution in [3.05, 3.63) is 51.6 Å². The van der Waals surface area contributed by atoms with Gasteiger partial charge in [0, 0.05) is 11.6 Å². The van der Waals surface area contributed by atoms with Crippen LogP contribution in [0.3, 0.4) is 0 Å². The van der Waals surface area contributed by atoms with Gasteiger partial charge in [0.25, 0.3) is 11.6 Å². The summed E-state index contributed by atoms with van der Waals surface area (Å²) in [6.45, 7) is 1.56. The summed E-state index contributed by atoms with van der Waals surface area (Å²) in [6.07, 6.45) is 3.36. The van der Waals surface area contributed by atoms with E-state index in [1.807, 2.05) is 0 Å². The van der Waals surface area contributed by atoms with Crippen molar-refractivity contribution in [3.63, 3.8) is 0 Å². The van der Waals surface area contributed by atoms with E-state index in [1.165, 1.54) is 12.1 Å². The number of aliphatic carboxylic acids is 1. The fraction of sp³-hybridized carbons (Fsp3) is 0.286. The quantitative estimate of drug-likeness (QED) is 0.498. The van der Waals surface area contributed by atoms with Crippen LogP contribution in [0.1, 0.15) is 22.3 Å². The van der Waals surface area contributed by atoms with Gasteiger partial charge in [-0.2, -0.15) is 0 Å². The van der Waals surface area contributed by atoms with Gasteiger partial charge in [-0.3, -0.25) is 19.7 Å². The number of carboxylic acid groups (broad SMARTS) is 1. The van der Waals surface area contributed by atoms with Crippen LogP contribution in [-0.2, 0) is 4.79 Å². The largest absolute Gasteiger partial charge is 0.481 e. The Morgan fingerprint density at radius 1 is 1.38 bits per heavy atom. The number of carbonyl (C=O) groups excluding carboxylic acids is 1. The standard InChI is InChI=1S/C14H14N2O5/c1-8-3-2-4-11(12(8)16(20)21)13(17)15-10-6-5-9(7-10)14(18)19/h2-6,9-10H,7H2,1H3,(H,15,17)(H,18,19). The van der Waals surface area contributed by atoms with Crippen molar-refractivity contribution >= 4 is 17.6 Å². The van der Waals surface area contributed by atoms with Gasteiger partial charge in [-0.25, -0.2) is 0 Å². The molecular formula is C14H14N2O5. The molecule has 1 aliphatic carbocycles. The second kappa shape index (κ2) is 5.74. The average Bonchev–Trinajstić information content (AvgIpc) is 2.86. The number of carbonyl (C=O) groups is 2. The third-order valence-corrected chi connectivity index (χ3v) is 3.38. The Labute approximate surface area is 120 Å². The molecule has 1 aromatic rings. The molecule has 0 heterocycles. The summed E-state index contributed by atoms with van der Waals surface area (Å²) in [5.41, 5.74) is 0.150. The molecule has 1 amide bonds. The summed E-state index contributed by atoms with van der Waals surface area (Å²) < 4.78 is 0. The molecule has 0 aliphatic heterocycles. The molecule has 1 aromatic carbocycles. The number of aryl methyl sites for hydroxylation is 1. The minimum absolute atomic E-state index is 0.0211. The fourth-order valence-corrected chi connectivity index (χ4v) is 2.32. The van der Waals surface area contributed by atoms with E-state index >= 15 is 0 Å². The SMILES string of the molecule is Cc1cccc(C(=O)NC2C=CC(C(=O)O)C2)c1[N+](=O)[O-]. The summed E-state index contributed by atoms with van der Waals surface area (Å²) in [5, 5.41) is 22.6. The molecular weight excluding hydrogens is 276 g/mol. The van der Waals surface area contributed by atoms with Gasteiger partial charge in [-0.15, -0.1) is 0 Å². The van der Waals surface area contributed by atoms with Crippen molar-refractivity contribution in [1.29, 1.82) is 0 Å². The molecule has 2 unspecified atom stereocenters. The van der Waals surface area contributed by atoms with Crippen molar-refractivity contribution in [3.8, 4) is 0 Å². The maximum atomic E-state index is 12.2. The molecule has 2 rings (SSSR count). The highest BCUT2D eigenvalue weighted by Crippen LogP contribution is 2.24. The van der Waals surface area contributed by atoms with E-state index in [-0.39, 0.29) is 17.7 Å². The molecule has 0 bridgehead atoms. The third-order valence-electron chi connectivity index (χ3n) is 3.38. The van der Waals surface area contributed by atoms with Crippen LogP contribution in [0.5, 0.6) is 0 Å². The third kappa shape index (κ3) is 3.07. The maximum Gasteiger partial charge on any atom is 0.310 e. The van der Waals surface area contributed by atoms with Gasteiger partial charge < -0.3 is 10.4 Å². The van der Waals surface area contributed by atoms with E-state index in [9.17, 15) is 19.7 Å². The fourth-order valence-electron chi connectivity index (χ4n) is 2.32. The summed E-state index contributed by atoms with van der Waals surface area (Å²) in [4.78, 5) is 33.5. The first-order chi connectivity index (χ1) is 9.90. The average molecular weight is 290 g/mol. The molecule has 0 spiro atoms. The predicted octanol–water partition coefficient (Wildman–Crippen LogP) is 1.66. The number of nitrogens with zero attached hydrogens (tertiary/aromatic N) is 1. The summed E-state index contributed by atoms with van der Waals surface area (Å²) in [5.74, 6) is -2.17. The van der Waals surface area contributed by atoms with Crippen LogP contribution >= 0.6 is 0 Å². The molecule has 0 aromatic heterocycles. The Bertz CT molecular complexity index is 638. The number of carboxylic acids is 1. The zero-order valence-electron chi connectivity index (χ0n) is 11.3. The molecule has 0 saturated carbocycles. The number of benzene rings is 1. The highest BCUT2D eigenvalue weighted by Gasteiger charge is 2.28. The Kier molecular flexibility index (Phi) is 4.02. The number of nitro benzene ring substituents is 1. The van der Waals surface area contributed by atoms with Gasteiger partial charge in [0.1, 0.15) is 5.56 Å². The minimum atomic E-state index is -0.954. The number of hydrogen-bond acceptors (Lipinski definition) is 4. The molecule has 0 fully saturated rings. The van der Waals surface area contributed by atoms with E-state index in [2.05, 4.69) is 5.32 Å². The first-order valence-electron chi connectivity index (χ1n) is 6.36. The van der Waals surface area contributed by atoms with Crippen molar-refractivity contribution in [2.24, 2.45) is 5.92 Å². The number of hydrogen-bond donors (Lipinski definition) is 2. The van der Waals surface area contributed by atoms with Crippen LogP contribution in [0.25, 0.3) is 0 Å². The summed E-state index contributed by atoms with van der Waals surface area (Å²) >= 11 is 0. The van der Waals surface area contributed by atoms with Crippen LogP contribution < -0.4 is 5.32 Å². The Morgan fingerprint density at radius 3 is 2.67 bits per heavy atom. The highest BCUT2D eigenvalue weighted by molar-refractivity contribution is 5.99. The minimum Gasteiger partial charge on any atom is -0.481 e. The monoisotopic (exact) mass is 290 g/mol. The smallest absolute Gasteiger partial charge is 0.310 e. The van der Waals surface area contributed by atoms with Gasteiger partial charge in [0.2, 0.25) is 0 Å². The predicted molar refractivity (Wildman–Crippen MR) is 74.0 cm³/mol. The van der Waals surface area contributed by atoms with Crippen LogP contribution in [0.4, 0.5) is 5.69 Å². The number of amides is 1. The lowest BCUT2D eigenvalue weighted by atomic mass is 10.1. The van der Waals surface area contributed by atoms with Crippen molar-refractivity contribution < 1.29 is 19.6 Å². The molecule has 2 atom stereocenters. The van der Waals surface area contributed by atoms with E-state index in [4.69, 9.17) is 5.11 Å². The van der Waals surface area contributed by atoms with E-state index in [0.717, 1.165) is 0 Å². The van der Waals surface area contributed by atoms with E-state index in [1.54, 1.807) is 25.1 Å². The summed E-state index contributed by atoms with van der Waals surface area (Å²) in [6, 6.07) is 4.08. The topological polar surface area (TPSA) is 110 Å².